The molecule has 20 heavy (non-hydrogen) atoms. The van der Waals surface area contributed by atoms with Gasteiger partial charge in [-0.15, -0.1) is 0 Å². The third-order valence-corrected chi connectivity index (χ3v) is 2.79. The smallest absolute Gasteiger partial charge is 0.274 e. The Labute approximate surface area is 119 Å². The fourth-order valence-electron chi connectivity index (χ4n) is 1.64. The number of para-hydroxylation sites is 1. The summed E-state index contributed by atoms with van der Waals surface area (Å²) in [6.45, 7) is 0.0458. The number of nitro benzene ring substituents is 1. The van der Waals surface area contributed by atoms with Crippen LogP contribution in [0, 0.1) is 10.1 Å². The highest BCUT2D eigenvalue weighted by Gasteiger charge is 2.14. The molecule has 0 saturated carbocycles. The number of carbonyl (C=O) groups is 1. The number of rotatable bonds is 4. The third kappa shape index (κ3) is 3.30. The second kappa shape index (κ2) is 6.12. The van der Waals surface area contributed by atoms with Crippen LogP contribution in [0.3, 0.4) is 0 Å². The lowest BCUT2D eigenvalue weighted by Gasteiger charge is -2.05. The minimum absolute atomic E-state index is 0.0353. The van der Waals surface area contributed by atoms with Crippen molar-refractivity contribution >= 4 is 23.2 Å². The number of nitrogens with zero attached hydrogens (tertiary/aromatic N) is 2. The molecule has 102 valence electrons. The number of hydrogen-bond acceptors (Lipinski definition) is 4. The van der Waals surface area contributed by atoms with Crippen LogP contribution in [0.25, 0.3) is 0 Å². The highest BCUT2D eigenvalue weighted by molar-refractivity contribution is 6.29. The molecule has 2 rings (SSSR count). The molecule has 1 amide bonds. The first-order valence-electron chi connectivity index (χ1n) is 5.71. The molecule has 0 fully saturated rings. The summed E-state index contributed by atoms with van der Waals surface area (Å²) in [5, 5.41) is 13.6. The van der Waals surface area contributed by atoms with Gasteiger partial charge in [-0.25, -0.2) is 4.98 Å². The number of hydrogen-bond donors (Lipinski definition) is 1. The molecule has 0 radical (unpaired) electrons. The Kier molecular flexibility index (Phi) is 4.27. The summed E-state index contributed by atoms with van der Waals surface area (Å²) >= 11 is 5.69. The van der Waals surface area contributed by atoms with E-state index in [1.165, 1.54) is 12.1 Å². The maximum absolute atomic E-state index is 11.8. The standard InChI is InChI=1S/C13H10ClN3O3/c14-12-7-3-5-10(16-12)13(18)15-8-9-4-1-2-6-11(9)17(19)20/h1-7H,8H2,(H,15,18). The Morgan fingerprint density at radius 2 is 2.00 bits per heavy atom. The Balaban J connectivity index is 2.09. The number of halogens is 1. The lowest BCUT2D eigenvalue weighted by atomic mass is 10.2. The Morgan fingerprint density at radius 3 is 2.70 bits per heavy atom. The summed E-state index contributed by atoms with van der Waals surface area (Å²) in [4.78, 5) is 26.1. The number of aromatic nitrogens is 1. The van der Waals surface area contributed by atoms with Crippen LogP contribution in [-0.4, -0.2) is 15.8 Å². The van der Waals surface area contributed by atoms with E-state index in [9.17, 15) is 14.9 Å². The minimum atomic E-state index is -0.487. The van der Waals surface area contributed by atoms with Crippen molar-refractivity contribution in [3.8, 4) is 0 Å². The van der Waals surface area contributed by atoms with E-state index in [0.29, 0.717) is 5.56 Å². The van der Waals surface area contributed by atoms with E-state index < -0.39 is 10.8 Å². The molecular weight excluding hydrogens is 282 g/mol. The molecule has 0 aliphatic heterocycles. The SMILES string of the molecule is O=C(NCc1ccccc1[N+](=O)[O-])c1cccc(Cl)n1. The molecule has 0 saturated heterocycles. The molecule has 1 aromatic heterocycles. The molecular formula is C13H10ClN3O3. The fourth-order valence-corrected chi connectivity index (χ4v) is 1.80. The van der Waals surface area contributed by atoms with E-state index in [4.69, 9.17) is 11.6 Å². The summed E-state index contributed by atoms with van der Waals surface area (Å²) in [5.41, 5.74) is 0.552. The van der Waals surface area contributed by atoms with Crippen molar-refractivity contribution in [3.63, 3.8) is 0 Å². The first kappa shape index (κ1) is 14.0. The van der Waals surface area contributed by atoms with Crippen LogP contribution in [0.1, 0.15) is 16.1 Å². The Bertz CT molecular complexity index is 661. The van der Waals surface area contributed by atoms with Crippen molar-refractivity contribution in [2.75, 3.05) is 0 Å². The van der Waals surface area contributed by atoms with Crippen molar-refractivity contribution < 1.29 is 9.72 Å². The molecule has 0 aliphatic carbocycles. The summed E-state index contributed by atoms with van der Waals surface area (Å²) in [6.07, 6.45) is 0. The number of nitro groups is 1. The Morgan fingerprint density at radius 1 is 1.25 bits per heavy atom. The number of amides is 1. The van der Waals surface area contributed by atoms with Crippen molar-refractivity contribution in [3.05, 3.63) is 69.0 Å². The van der Waals surface area contributed by atoms with E-state index >= 15 is 0 Å². The zero-order chi connectivity index (χ0) is 14.5. The highest BCUT2D eigenvalue weighted by atomic mass is 35.5. The van der Waals surface area contributed by atoms with Gasteiger partial charge in [-0.1, -0.05) is 35.9 Å². The lowest BCUT2D eigenvalue weighted by Crippen LogP contribution is -2.24. The first-order valence-corrected chi connectivity index (χ1v) is 6.09. The van der Waals surface area contributed by atoms with E-state index in [-0.39, 0.29) is 23.1 Å². The van der Waals surface area contributed by atoms with Crippen LogP contribution in [0.4, 0.5) is 5.69 Å². The largest absolute Gasteiger partial charge is 0.346 e. The van der Waals surface area contributed by atoms with Gasteiger partial charge < -0.3 is 5.32 Å². The predicted molar refractivity (Wildman–Crippen MR) is 73.5 cm³/mol. The third-order valence-electron chi connectivity index (χ3n) is 2.58. The minimum Gasteiger partial charge on any atom is -0.346 e. The van der Waals surface area contributed by atoms with Gasteiger partial charge in [0.1, 0.15) is 10.8 Å². The van der Waals surface area contributed by atoms with Crippen LogP contribution in [-0.2, 0) is 6.54 Å². The molecule has 0 aliphatic rings. The van der Waals surface area contributed by atoms with Gasteiger partial charge in [-0.2, -0.15) is 0 Å². The molecule has 1 aromatic carbocycles. The second-order valence-corrected chi connectivity index (χ2v) is 4.30. The summed E-state index contributed by atoms with van der Waals surface area (Å²) in [6, 6.07) is 10.9. The molecule has 7 heteroatoms. The quantitative estimate of drug-likeness (QED) is 0.533. The molecule has 0 bridgehead atoms. The van der Waals surface area contributed by atoms with Crippen molar-refractivity contribution in [1.29, 1.82) is 0 Å². The Hall–Kier alpha value is -2.47. The highest BCUT2D eigenvalue weighted by Crippen LogP contribution is 2.17. The van der Waals surface area contributed by atoms with E-state index in [0.717, 1.165) is 0 Å². The van der Waals surface area contributed by atoms with Crippen molar-refractivity contribution in [2.24, 2.45) is 0 Å². The topological polar surface area (TPSA) is 85.1 Å². The van der Waals surface area contributed by atoms with Gasteiger partial charge in [0.2, 0.25) is 0 Å². The van der Waals surface area contributed by atoms with Gasteiger partial charge in [0.15, 0.2) is 0 Å². The van der Waals surface area contributed by atoms with Gasteiger partial charge >= 0.3 is 0 Å². The maximum Gasteiger partial charge on any atom is 0.274 e. The average Bonchev–Trinajstić information content (AvgIpc) is 2.45. The van der Waals surface area contributed by atoms with Gasteiger partial charge in [0.05, 0.1) is 4.92 Å². The van der Waals surface area contributed by atoms with E-state index in [1.807, 2.05) is 0 Å². The fraction of sp³-hybridized carbons (Fsp3) is 0.0769. The van der Waals surface area contributed by atoms with Crippen molar-refractivity contribution in [2.45, 2.75) is 6.54 Å². The normalized spacial score (nSPS) is 10.1. The van der Waals surface area contributed by atoms with Crippen LogP contribution >= 0.6 is 11.6 Å². The van der Waals surface area contributed by atoms with Gasteiger partial charge in [0, 0.05) is 18.2 Å². The molecule has 1 heterocycles. The number of carbonyl (C=O) groups excluding carboxylic acids is 1. The van der Waals surface area contributed by atoms with Gasteiger partial charge in [-0.3, -0.25) is 14.9 Å². The number of benzene rings is 1. The van der Waals surface area contributed by atoms with Crippen molar-refractivity contribution in [1.82, 2.24) is 10.3 Å². The van der Waals surface area contributed by atoms with Gasteiger partial charge in [0.25, 0.3) is 11.6 Å². The van der Waals surface area contributed by atoms with E-state index in [1.54, 1.807) is 30.3 Å². The monoisotopic (exact) mass is 291 g/mol. The maximum atomic E-state index is 11.8. The summed E-state index contributed by atoms with van der Waals surface area (Å²) < 4.78 is 0. The van der Waals surface area contributed by atoms with Gasteiger partial charge in [-0.05, 0) is 12.1 Å². The number of nitrogens with one attached hydrogen (secondary N) is 1. The molecule has 6 nitrogen and oxygen atoms in total. The first-order chi connectivity index (χ1) is 9.58. The second-order valence-electron chi connectivity index (χ2n) is 3.91. The zero-order valence-corrected chi connectivity index (χ0v) is 11.0. The van der Waals surface area contributed by atoms with Crippen LogP contribution in [0.15, 0.2) is 42.5 Å². The number of pyridine rings is 1. The average molecular weight is 292 g/mol. The molecule has 2 aromatic rings. The van der Waals surface area contributed by atoms with Crippen LogP contribution in [0.5, 0.6) is 0 Å². The van der Waals surface area contributed by atoms with Crippen LogP contribution < -0.4 is 5.32 Å². The lowest BCUT2D eigenvalue weighted by molar-refractivity contribution is -0.385. The summed E-state index contributed by atoms with van der Waals surface area (Å²) in [5.74, 6) is -0.439. The predicted octanol–water partition coefficient (Wildman–Crippen LogP) is 2.57. The summed E-state index contributed by atoms with van der Waals surface area (Å²) in [7, 11) is 0. The molecule has 0 atom stereocenters. The molecule has 0 unspecified atom stereocenters. The van der Waals surface area contributed by atoms with E-state index in [2.05, 4.69) is 10.3 Å². The van der Waals surface area contributed by atoms with Crippen LogP contribution in [0.2, 0.25) is 5.15 Å². The molecule has 1 N–H and O–H groups in total. The molecule has 0 spiro atoms. The zero-order valence-electron chi connectivity index (χ0n) is 10.2.